The van der Waals surface area contributed by atoms with Gasteiger partial charge in [-0.3, -0.25) is 0 Å². The SMILES string of the molecule is CC1(C)[C@H]2CCC([C@H](O)CN)[C@@H]1C2. The van der Waals surface area contributed by atoms with Crippen LogP contribution in [0, 0.1) is 23.2 Å². The number of fused-ring (bicyclic) bond motifs is 2. The van der Waals surface area contributed by atoms with Crippen molar-refractivity contribution in [3.05, 3.63) is 0 Å². The van der Waals surface area contributed by atoms with Crippen molar-refractivity contribution in [3.8, 4) is 0 Å². The van der Waals surface area contributed by atoms with Gasteiger partial charge in [0.2, 0.25) is 0 Å². The molecule has 0 radical (unpaired) electrons. The molecule has 3 saturated carbocycles. The molecule has 2 heteroatoms. The Morgan fingerprint density at radius 2 is 2.15 bits per heavy atom. The highest BCUT2D eigenvalue weighted by atomic mass is 16.3. The summed E-state index contributed by atoms with van der Waals surface area (Å²) in [5, 5.41) is 9.78. The minimum absolute atomic E-state index is 0.259. The summed E-state index contributed by atoms with van der Waals surface area (Å²) in [6.07, 6.45) is 3.56. The topological polar surface area (TPSA) is 46.2 Å². The van der Waals surface area contributed by atoms with Gasteiger partial charge in [0.25, 0.3) is 0 Å². The fourth-order valence-electron chi connectivity index (χ4n) is 3.50. The van der Waals surface area contributed by atoms with Gasteiger partial charge in [-0.05, 0) is 42.4 Å². The predicted molar refractivity (Wildman–Crippen MR) is 53.2 cm³/mol. The Morgan fingerprint density at radius 3 is 2.62 bits per heavy atom. The van der Waals surface area contributed by atoms with Crippen LogP contribution in [0.25, 0.3) is 0 Å². The largest absolute Gasteiger partial charge is 0.392 e. The molecule has 1 unspecified atom stereocenters. The molecule has 3 fully saturated rings. The van der Waals surface area contributed by atoms with E-state index in [-0.39, 0.29) is 6.10 Å². The zero-order valence-electron chi connectivity index (χ0n) is 8.66. The second-order valence-corrected chi connectivity index (χ2v) is 5.40. The Balaban J connectivity index is 2.07. The van der Waals surface area contributed by atoms with Crippen molar-refractivity contribution in [2.75, 3.05) is 6.54 Å². The Bertz CT molecular complexity index is 200. The Hall–Kier alpha value is -0.0800. The van der Waals surface area contributed by atoms with Crippen molar-refractivity contribution >= 4 is 0 Å². The van der Waals surface area contributed by atoms with Crippen molar-refractivity contribution in [3.63, 3.8) is 0 Å². The van der Waals surface area contributed by atoms with E-state index in [0.717, 1.165) is 11.8 Å². The van der Waals surface area contributed by atoms with E-state index in [1.165, 1.54) is 19.3 Å². The highest BCUT2D eigenvalue weighted by Gasteiger charge is 2.55. The first-order valence-electron chi connectivity index (χ1n) is 5.45. The van der Waals surface area contributed by atoms with Gasteiger partial charge < -0.3 is 10.8 Å². The predicted octanol–water partition coefficient (Wildman–Crippen LogP) is 1.38. The van der Waals surface area contributed by atoms with E-state index in [2.05, 4.69) is 13.8 Å². The molecule has 3 N–H and O–H groups in total. The number of nitrogens with two attached hydrogens (primary N) is 1. The van der Waals surface area contributed by atoms with Crippen molar-refractivity contribution in [2.45, 2.75) is 39.2 Å². The van der Waals surface area contributed by atoms with E-state index in [4.69, 9.17) is 5.73 Å². The first kappa shape index (κ1) is 9.47. The average Bonchev–Trinajstić information content (AvgIpc) is 2.16. The number of aliphatic hydroxyl groups is 1. The number of aliphatic hydroxyl groups excluding tert-OH is 1. The molecule has 3 rings (SSSR count). The lowest BCUT2D eigenvalue weighted by Gasteiger charge is -2.61. The molecule has 13 heavy (non-hydrogen) atoms. The second kappa shape index (κ2) is 2.96. The van der Waals surface area contributed by atoms with Gasteiger partial charge in [-0.25, -0.2) is 0 Å². The summed E-state index contributed by atoms with van der Waals surface area (Å²) in [5.74, 6) is 2.12. The molecule has 2 nitrogen and oxygen atoms in total. The molecular weight excluding hydrogens is 162 g/mol. The van der Waals surface area contributed by atoms with Crippen LogP contribution in [-0.4, -0.2) is 17.8 Å². The van der Waals surface area contributed by atoms with Gasteiger partial charge in [0.15, 0.2) is 0 Å². The molecular formula is C11H21NO. The average molecular weight is 183 g/mol. The number of rotatable bonds is 2. The van der Waals surface area contributed by atoms with Crippen LogP contribution in [-0.2, 0) is 0 Å². The lowest BCUT2D eigenvalue weighted by Crippen LogP contribution is -2.55. The fourth-order valence-corrected chi connectivity index (χ4v) is 3.50. The number of hydrogen-bond acceptors (Lipinski definition) is 2. The molecule has 0 aliphatic heterocycles. The minimum atomic E-state index is -0.259. The highest BCUT2D eigenvalue weighted by molar-refractivity contribution is 5.04. The normalized spacial score (nSPS) is 43.8. The molecule has 2 bridgehead atoms. The van der Waals surface area contributed by atoms with E-state index in [9.17, 15) is 5.11 Å². The van der Waals surface area contributed by atoms with E-state index < -0.39 is 0 Å². The molecule has 3 aliphatic rings. The Morgan fingerprint density at radius 1 is 1.46 bits per heavy atom. The zero-order chi connectivity index (χ0) is 9.64. The highest BCUT2D eigenvalue weighted by Crippen LogP contribution is 2.61. The first-order valence-corrected chi connectivity index (χ1v) is 5.45. The summed E-state index contributed by atoms with van der Waals surface area (Å²) in [6.45, 7) is 5.13. The third kappa shape index (κ3) is 1.23. The smallest absolute Gasteiger partial charge is 0.0693 e. The second-order valence-electron chi connectivity index (χ2n) is 5.40. The van der Waals surface area contributed by atoms with E-state index in [1.807, 2.05) is 0 Å². The summed E-state index contributed by atoms with van der Waals surface area (Å²) in [7, 11) is 0. The van der Waals surface area contributed by atoms with Crippen LogP contribution in [0.5, 0.6) is 0 Å². The van der Waals surface area contributed by atoms with Crippen LogP contribution >= 0.6 is 0 Å². The Kier molecular flexibility index (Phi) is 2.16. The molecule has 0 heterocycles. The van der Waals surface area contributed by atoms with Crippen molar-refractivity contribution in [2.24, 2.45) is 28.9 Å². The zero-order valence-corrected chi connectivity index (χ0v) is 8.66. The first-order chi connectivity index (χ1) is 6.07. The van der Waals surface area contributed by atoms with Gasteiger partial charge in [-0.1, -0.05) is 13.8 Å². The quantitative estimate of drug-likeness (QED) is 0.679. The lowest BCUT2D eigenvalue weighted by atomic mass is 9.45. The minimum Gasteiger partial charge on any atom is -0.392 e. The molecule has 0 spiro atoms. The molecule has 0 aromatic carbocycles. The fraction of sp³-hybridized carbons (Fsp3) is 1.00. The van der Waals surface area contributed by atoms with Crippen LogP contribution < -0.4 is 5.73 Å². The van der Waals surface area contributed by atoms with Crippen LogP contribution in [0.3, 0.4) is 0 Å². The summed E-state index contributed by atoms with van der Waals surface area (Å²) < 4.78 is 0. The maximum atomic E-state index is 9.78. The summed E-state index contributed by atoms with van der Waals surface area (Å²) in [5.41, 5.74) is 5.99. The monoisotopic (exact) mass is 183 g/mol. The standard InChI is InChI=1S/C11H21NO/c1-11(2)7-3-4-8(9(11)5-7)10(13)6-12/h7-10,13H,3-6,12H2,1-2H3/t7-,8?,9-,10+/m0/s1. The van der Waals surface area contributed by atoms with Crippen molar-refractivity contribution in [1.82, 2.24) is 0 Å². The van der Waals surface area contributed by atoms with Crippen LogP contribution in [0.2, 0.25) is 0 Å². The van der Waals surface area contributed by atoms with Crippen LogP contribution in [0.1, 0.15) is 33.1 Å². The van der Waals surface area contributed by atoms with Crippen LogP contribution in [0.15, 0.2) is 0 Å². The Labute approximate surface area is 80.5 Å². The summed E-state index contributed by atoms with van der Waals surface area (Å²) in [6, 6.07) is 0. The molecule has 76 valence electrons. The molecule has 0 aromatic heterocycles. The van der Waals surface area contributed by atoms with Gasteiger partial charge in [-0.2, -0.15) is 0 Å². The molecule has 0 aromatic rings. The third-order valence-electron chi connectivity index (χ3n) is 4.65. The van der Waals surface area contributed by atoms with Crippen LogP contribution in [0.4, 0.5) is 0 Å². The van der Waals surface area contributed by atoms with Crippen molar-refractivity contribution < 1.29 is 5.11 Å². The maximum absolute atomic E-state index is 9.78. The van der Waals surface area contributed by atoms with E-state index >= 15 is 0 Å². The van der Waals surface area contributed by atoms with E-state index in [1.54, 1.807) is 0 Å². The number of hydrogen-bond donors (Lipinski definition) is 2. The third-order valence-corrected chi connectivity index (χ3v) is 4.65. The van der Waals surface area contributed by atoms with E-state index in [0.29, 0.717) is 17.9 Å². The summed E-state index contributed by atoms with van der Waals surface area (Å²) >= 11 is 0. The maximum Gasteiger partial charge on any atom is 0.0693 e. The van der Waals surface area contributed by atoms with Crippen molar-refractivity contribution in [1.29, 1.82) is 0 Å². The lowest BCUT2D eigenvalue weighted by molar-refractivity contribution is -0.135. The van der Waals surface area contributed by atoms with Gasteiger partial charge in [-0.15, -0.1) is 0 Å². The molecule has 0 amide bonds. The van der Waals surface area contributed by atoms with Gasteiger partial charge in [0.05, 0.1) is 6.10 Å². The van der Waals surface area contributed by atoms with Gasteiger partial charge in [0, 0.05) is 6.54 Å². The van der Waals surface area contributed by atoms with Gasteiger partial charge in [0.1, 0.15) is 0 Å². The molecule has 4 atom stereocenters. The van der Waals surface area contributed by atoms with Gasteiger partial charge >= 0.3 is 0 Å². The molecule has 3 aliphatic carbocycles. The summed E-state index contributed by atoms with van der Waals surface area (Å²) in [4.78, 5) is 0. The molecule has 0 saturated heterocycles.